The number of nitrogens with zero attached hydrogens (tertiary/aromatic N) is 5. The maximum Gasteiger partial charge on any atom is 0.228 e. The Morgan fingerprint density at radius 3 is 2.76 bits per heavy atom. The first-order valence-electron chi connectivity index (χ1n) is 9.91. The molecule has 29 heavy (non-hydrogen) atoms. The molecule has 0 bridgehead atoms. The van der Waals surface area contributed by atoms with Gasteiger partial charge in [-0.2, -0.15) is 5.10 Å². The lowest BCUT2D eigenvalue weighted by Gasteiger charge is -2.30. The highest BCUT2D eigenvalue weighted by molar-refractivity contribution is 5.94. The number of methoxy groups -OCH3 is 1. The summed E-state index contributed by atoms with van der Waals surface area (Å²) in [4.78, 5) is 15.0. The monoisotopic (exact) mass is 394 g/mol. The van der Waals surface area contributed by atoms with Crippen LogP contribution in [0.15, 0.2) is 36.7 Å². The predicted molar refractivity (Wildman–Crippen MR) is 111 cm³/mol. The quantitative estimate of drug-likeness (QED) is 0.691. The minimum Gasteiger partial charge on any atom is -0.383 e. The van der Waals surface area contributed by atoms with Gasteiger partial charge in [-0.05, 0) is 49.7 Å². The average Bonchev–Trinajstić information content (AvgIpc) is 3.18. The molecule has 152 valence electrons. The molecule has 0 radical (unpaired) electrons. The molecule has 1 saturated heterocycles. The van der Waals surface area contributed by atoms with E-state index in [0.29, 0.717) is 5.82 Å². The molecule has 8 nitrogen and oxygen atoms in total. The maximum atomic E-state index is 12.7. The third-order valence-corrected chi connectivity index (χ3v) is 5.44. The van der Waals surface area contributed by atoms with Gasteiger partial charge in [0.2, 0.25) is 5.91 Å². The molecule has 3 heterocycles. The number of carbonyl (C=O) groups is 1. The van der Waals surface area contributed by atoms with Gasteiger partial charge in [0.15, 0.2) is 5.82 Å². The fourth-order valence-corrected chi connectivity index (χ4v) is 3.72. The summed E-state index contributed by atoms with van der Waals surface area (Å²) in [5, 5.41) is 16.5. The van der Waals surface area contributed by atoms with E-state index >= 15 is 0 Å². The first kappa shape index (κ1) is 19.5. The van der Waals surface area contributed by atoms with Crippen LogP contribution in [0.4, 0.5) is 5.82 Å². The van der Waals surface area contributed by atoms with Crippen LogP contribution in [-0.4, -0.2) is 64.1 Å². The maximum absolute atomic E-state index is 12.7. The summed E-state index contributed by atoms with van der Waals surface area (Å²) < 4.78 is 6.90. The lowest BCUT2D eigenvalue weighted by molar-refractivity contribution is -0.121. The third-order valence-electron chi connectivity index (χ3n) is 5.44. The van der Waals surface area contributed by atoms with Crippen molar-refractivity contribution < 1.29 is 9.53 Å². The van der Waals surface area contributed by atoms with E-state index in [1.165, 1.54) is 0 Å². The number of ether oxygens (including phenoxy) is 1. The number of nitrogens with one attached hydrogen (secondary N) is 1. The number of carbonyl (C=O) groups excluding carboxylic acids is 1. The third kappa shape index (κ3) is 4.60. The van der Waals surface area contributed by atoms with Gasteiger partial charge in [-0.15, -0.1) is 10.2 Å². The van der Waals surface area contributed by atoms with Crippen LogP contribution in [-0.2, 0) is 16.6 Å². The second-order valence-corrected chi connectivity index (χ2v) is 7.50. The molecular weight excluding hydrogens is 368 g/mol. The highest BCUT2D eigenvalue weighted by Gasteiger charge is 2.25. The molecule has 2 aromatic heterocycles. The molecule has 0 unspecified atom stereocenters. The molecule has 0 atom stereocenters. The molecule has 1 aromatic carbocycles. The van der Waals surface area contributed by atoms with Gasteiger partial charge in [0.25, 0.3) is 0 Å². The van der Waals surface area contributed by atoms with Crippen molar-refractivity contribution in [3.05, 3.63) is 36.7 Å². The van der Waals surface area contributed by atoms with Gasteiger partial charge in [0, 0.05) is 43.8 Å². The van der Waals surface area contributed by atoms with Crippen molar-refractivity contribution in [3.63, 3.8) is 0 Å². The molecule has 1 N–H and O–H groups in total. The SMILES string of the molecule is COCCN1CCC(C(=O)Nc2cc3cc(-c4cnn(C)c4)ccc3nn2)CC1. The fraction of sp³-hybridized carbons (Fsp3) is 0.429. The predicted octanol–water partition coefficient (Wildman–Crippen LogP) is 2.33. The summed E-state index contributed by atoms with van der Waals surface area (Å²) in [7, 11) is 3.61. The van der Waals surface area contributed by atoms with Crippen molar-refractivity contribution in [1.29, 1.82) is 0 Å². The Kier molecular flexibility index (Phi) is 5.82. The van der Waals surface area contributed by atoms with Crippen molar-refractivity contribution in [2.75, 3.05) is 38.7 Å². The molecule has 8 heteroatoms. The van der Waals surface area contributed by atoms with Gasteiger partial charge in [0.1, 0.15) is 0 Å². The Morgan fingerprint density at radius 1 is 1.21 bits per heavy atom. The number of hydrogen-bond acceptors (Lipinski definition) is 6. The van der Waals surface area contributed by atoms with Crippen LogP contribution in [0, 0.1) is 5.92 Å². The van der Waals surface area contributed by atoms with E-state index in [1.807, 2.05) is 43.7 Å². The molecule has 1 aliphatic heterocycles. The fourth-order valence-electron chi connectivity index (χ4n) is 3.72. The zero-order chi connectivity index (χ0) is 20.2. The molecule has 0 spiro atoms. The van der Waals surface area contributed by atoms with Crippen LogP contribution in [0.5, 0.6) is 0 Å². The van der Waals surface area contributed by atoms with E-state index in [2.05, 4.69) is 25.5 Å². The molecule has 1 fully saturated rings. The van der Waals surface area contributed by atoms with Crippen molar-refractivity contribution in [2.24, 2.45) is 13.0 Å². The molecule has 0 aliphatic carbocycles. The van der Waals surface area contributed by atoms with Gasteiger partial charge in [0.05, 0.1) is 18.3 Å². The number of hydrogen-bond donors (Lipinski definition) is 1. The molecule has 0 saturated carbocycles. The second-order valence-electron chi connectivity index (χ2n) is 7.50. The van der Waals surface area contributed by atoms with Gasteiger partial charge in [-0.25, -0.2) is 0 Å². The summed E-state index contributed by atoms with van der Waals surface area (Å²) in [5.41, 5.74) is 2.89. The first-order valence-corrected chi connectivity index (χ1v) is 9.91. The number of likely N-dealkylation sites (tertiary alicyclic amines) is 1. The van der Waals surface area contributed by atoms with Crippen molar-refractivity contribution >= 4 is 22.6 Å². The van der Waals surface area contributed by atoms with E-state index in [1.54, 1.807) is 11.8 Å². The smallest absolute Gasteiger partial charge is 0.228 e. The van der Waals surface area contributed by atoms with Gasteiger partial charge in [-0.3, -0.25) is 9.48 Å². The van der Waals surface area contributed by atoms with E-state index < -0.39 is 0 Å². The second kappa shape index (κ2) is 8.67. The summed E-state index contributed by atoms with van der Waals surface area (Å²) in [6, 6.07) is 7.87. The number of fused-ring (bicyclic) bond motifs is 1. The van der Waals surface area contributed by atoms with Crippen LogP contribution < -0.4 is 5.32 Å². The zero-order valence-corrected chi connectivity index (χ0v) is 16.8. The average molecular weight is 394 g/mol. The highest BCUT2D eigenvalue weighted by Crippen LogP contribution is 2.25. The zero-order valence-electron chi connectivity index (χ0n) is 16.8. The minimum atomic E-state index is 0.00743. The van der Waals surface area contributed by atoms with Crippen molar-refractivity contribution in [3.8, 4) is 11.1 Å². The summed E-state index contributed by atoms with van der Waals surface area (Å²) in [6.45, 7) is 3.48. The largest absolute Gasteiger partial charge is 0.383 e. The summed E-state index contributed by atoms with van der Waals surface area (Å²) >= 11 is 0. The van der Waals surface area contributed by atoms with E-state index in [0.717, 1.165) is 61.1 Å². The Bertz CT molecular complexity index is 994. The lowest BCUT2D eigenvalue weighted by Crippen LogP contribution is -2.39. The number of aryl methyl sites for hydroxylation is 1. The Labute approximate surface area is 169 Å². The summed E-state index contributed by atoms with van der Waals surface area (Å²) in [6.07, 6.45) is 5.50. The van der Waals surface area contributed by atoms with Crippen LogP contribution in [0.25, 0.3) is 22.0 Å². The van der Waals surface area contributed by atoms with Crippen LogP contribution in [0.1, 0.15) is 12.8 Å². The standard InChI is InChI=1S/C21H26N6O2/c1-26-14-18(13-22-26)16-3-4-19-17(11-16)12-20(25-24-19)23-21(28)15-5-7-27(8-6-15)9-10-29-2/h3-4,11-15H,5-10H2,1-2H3,(H,23,25,28). The number of benzene rings is 1. The number of piperidine rings is 1. The van der Waals surface area contributed by atoms with Crippen LogP contribution >= 0.6 is 0 Å². The molecule has 1 amide bonds. The molecule has 3 aromatic rings. The van der Waals surface area contributed by atoms with Crippen molar-refractivity contribution in [2.45, 2.75) is 12.8 Å². The van der Waals surface area contributed by atoms with Crippen LogP contribution in [0.2, 0.25) is 0 Å². The number of anilines is 1. The Morgan fingerprint density at radius 2 is 2.03 bits per heavy atom. The van der Waals surface area contributed by atoms with E-state index in [-0.39, 0.29) is 11.8 Å². The topological polar surface area (TPSA) is 85.2 Å². The lowest BCUT2D eigenvalue weighted by atomic mass is 9.96. The van der Waals surface area contributed by atoms with Crippen LogP contribution in [0.3, 0.4) is 0 Å². The highest BCUT2D eigenvalue weighted by atomic mass is 16.5. The van der Waals surface area contributed by atoms with E-state index in [9.17, 15) is 4.79 Å². The first-order chi connectivity index (χ1) is 14.1. The van der Waals surface area contributed by atoms with Gasteiger partial charge >= 0.3 is 0 Å². The number of rotatable bonds is 6. The molecule has 1 aliphatic rings. The van der Waals surface area contributed by atoms with E-state index in [4.69, 9.17) is 4.74 Å². The van der Waals surface area contributed by atoms with Crippen molar-refractivity contribution in [1.82, 2.24) is 24.9 Å². The molecule has 4 rings (SSSR count). The number of aromatic nitrogens is 4. The van der Waals surface area contributed by atoms with Gasteiger partial charge in [-0.1, -0.05) is 6.07 Å². The minimum absolute atomic E-state index is 0.00743. The number of amides is 1. The normalized spacial score (nSPS) is 15.7. The Hall–Kier alpha value is -2.84. The Balaban J connectivity index is 1.43. The summed E-state index contributed by atoms with van der Waals surface area (Å²) in [5.74, 6) is 0.522. The van der Waals surface area contributed by atoms with Gasteiger partial charge < -0.3 is 15.0 Å². The molecular formula is C21H26N6O2.